The molecule has 0 spiro atoms. The number of hydrogen-bond donors (Lipinski definition) is 1. The molecule has 1 aliphatic rings. The lowest BCUT2D eigenvalue weighted by atomic mass is 9.88. The average Bonchev–Trinajstić information content (AvgIpc) is 3.00. The Morgan fingerprint density at radius 2 is 2.08 bits per heavy atom. The van der Waals surface area contributed by atoms with Crippen LogP contribution in [0.1, 0.15) is 29.0 Å². The van der Waals surface area contributed by atoms with Crippen LogP contribution in [0.25, 0.3) is 0 Å². The average molecular weight is 339 g/mol. The molecular formula is C18H15ClN4O. The Balaban J connectivity index is 1.72. The van der Waals surface area contributed by atoms with Gasteiger partial charge >= 0.3 is 0 Å². The maximum Gasteiger partial charge on any atom is 0.226 e. The molecule has 120 valence electrons. The third-order valence-corrected chi connectivity index (χ3v) is 4.62. The second kappa shape index (κ2) is 6.09. The molecule has 0 radical (unpaired) electrons. The number of anilines is 1. The van der Waals surface area contributed by atoms with E-state index in [-0.39, 0.29) is 11.8 Å². The van der Waals surface area contributed by atoms with Crippen LogP contribution in [0.3, 0.4) is 0 Å². The number of halogens is 1. The van der Waals surface area contributed by atoms with Gasteiger partial charge in [-0.05, 0) is 23.3 Å². The van der Waals surface area contributed by atoms with Gasteiger partial charge in [-0.1, -0.05) is 35.9 Å². The summed E-state index contributed by atoms with van der Waals surface area (Å²) in [6.45, 7) is 0.509. The van der Waals surface area contributed by atoms with Gasteiger partial charge in [0.05, 0.1) is 12.7 Å². The van der Waals surface area contributed by atoms with Gasteiger partial charge in [0, 0.05) is 35.3 Å². The molecule has 0 saturated carbocycles. The summed E-state index contributed by atoms with van der Waals surface area (Å²) in [5.74, 6) is 0.694. The van der Waals surface area contributed by atoms with Gasteiger partial charge in [0.15, 0.2) is 0 Å². The first-order valence-corrected chi connectivity index (χ1v) is 8.09. The first kappa shape index (κ1) is 14.9. The number of benzene rings is 1. The molecule has 2 aromatic heterocycles. The van der Waals surface area contributed by atoms with Gasteiger partial charge in [-0.2, -0.15) is 5.10 Å². The molecule has 3 aromatic rings. The van der Waals surface area contributed by atoms with Crippen LogP contribution in [0.15, 0.2) is 55.0 Å². The molecule has 1 aliphatic heterocycles. The minimum absolute atomic E-state index is 0.0164. The van der Waals surface area contributed by atoms with Crippen molar-refractivity contribution in [3.8, 4) is 0 Å². The van der Waals surface area contributed by atoms with Crippen LogP contribution in [-0.4, -0.2) is 20.7 Å². The second-order valence-corrected chi connectivity index (χ2v) is 6.20. The highest BCUT2D eigenvalue weighted by atomic mass is 35.5. The Hall–Kier alpha value is -2.66. The summed E-state index contributed by atoms with van der Waals surface area (Å²) in [5, 5.41) is 8.10. The molecule has 1 aromatic carbocycles. The smallest absolute Gasteiger partial charge is 0.226 e. The Morgan fingerprint density at radius 1 is 1.21 bits per heavy atom. The Bertz CT molecular complexity index is 891. The standard InChI is InChI=1S/C18H15ClN4O/c19-16-6-2-1-4-13(16)11-23-18-15(10-21-23)14(8-17(24)22-18)12-5-3-7-20-9-12/h1-7,9-10,14H,8,11H2,(H,22,24). The Labute approximate surface area is 144 Å². The van der Waals surface area contributed by atoms with E-state index in [1.165, 1.54) is 0 Å². The van der Waals surface area contributed by atoms with E-state index in [1.54, 1.807) is 17.1 Å². The minimum atomic E-state index is -0.0255. The summed E-state index contributed by atoms with van der Waals surface area (Å²) in [6.07, 6.45) is 5.76. The van der Waals surface area contributed by atoms with Gasteiger partial charge in [-0.3, -0.25) is 9.78 Å². The maximum absolute atomic E-state index is 12.2. The minimum Gasteiger partial charge on any atom is -0.311 e. The third kappa shape index (κ3) is 2.67. The number of fused-ring (bicyclic) bond motifs is 1. The molecule has 4 rings (SSSR count). The van der Waals surface area contributed by atoms with E-state index in [0.29, 0.717) is 18.0 Å². The zero-order chi connectivity index (χ0) is 16.5. The maximum atomic E-state index is 12.2. The molecule has 0 fully saturated rings. The number of nitrogens with zero attached hydrogens (tertiary/aromatic N) is 3. The molecular weight excluding hydrogens is 324 g/mol. The van der Waals surface area contributed by atoms with Crippen LogP contribution >= 0.6 is 11.6 Å². The molecule has 0 aliphatic carbocycles. The predicted molar refractivity (Wildman–Crippen MR) is 92.1 cm³/mol. The van der Waals surface area contributed by atoms with Crippen molar-refractivity contribution in [3.63, 3.8) is 0 Å². The van der Waals surface area contributed by atoms with E-state index in [9.17, 15) is 4.79 Å². The van der Waals surface area contributed by atoms with Gasteiger partial charge in [-0.15, -0.1) is 0 Å². The SMILES string of the molecule is O=C1CC(c2cccnc2)c2cnn(Cc3ccccc3Cl)c2N1. The fraction of sp³-hybridized carbons (Fsp3) is 0.167. The number of pyridine rings is 1. The molecule has 3 heterocycles. The van der Waals surface area contributed by atoms with Crippen molar-refractivity contribution in [3.05, 3.63) is 76.7 Å². The fourth-order valence-corrected chi connectivity index (χ4v) is 3.25. The number of aromatic nitrogens is 3. The molecule has 5 nitrogen and oxygen atoms in total. The van der Waals surface area contributed by atoms with Crippen molar-refractivity contribution < 1.29 is 4.79 Å². The highest BCUT2D eigenvalue weighted by molar-refractivity contribution is 6.31. The van der Waals surface area contributed by atoms with Gasteiger partial charge in [0.2, 0.25) is 5.91 Å². The zero-order valence-corrected chi connectivity index (χ0v) is 13.6. The summed E-state index contributed by atoms with van der Waals surface area (Å²) in [5.41, 5.74) is 2.99. The van der Waals surface area contributed by atoms with E-state index in [1.807, 2.05) is 42.6 Å². The van der Waals surface area contributed by atoms with Gasteiger partial charge < -0.3 is 5.32 Å². The summed E-state index contributed by atoms with van der Waals surface area (Å²) < 4.78 is 1.79. The van der Waals surface area contributed by atoms with Crippen molar-refractivity contribution in [1.82, 2.24) is 14.8 Å². The Morgan fingerprint density at radius 3 is 2.88 bits per heavy atom. The van der Waals surface area contributed by atoms with Crippen LogP contribution < -0.4 is 5.32 Å². The van der Waals surface area contributed by atoms with Crippen molar-refractivity contribution >= 4 is 23.3 Å². The normalized spacial score (nSPS) is 16.5. The quantitative estimate of drug-likeness (QED) is 0.795. The van der Waals surface area contributed by atoms with Crippen LogP contribution in [0, 0.1) is 0 Å². The van der Waals surface area contributed by atoms with Crippen LogP contribution in [0.4, 0.5) is 5.82 Å². The molecule has 1 N–H and O–H groups in total. The molecule has 0 bridgehead atoms. The summed E-state index contributed by atoms with van der Waals surface area (Å²) in [4.78, 5) is 16.3. The van der Waals surface area contributed by atoms with Crippen LogP contribution in [0.2, 0.25) is 5.02 Å². The van der Waals surface area contributed by atoms with Gasteiger partial charge in [0.25, 0.3) is 0 Å². The number of rotatable bonds is 3. The third-order valence-electron chi connectivity index (χ3n) is 4.26. The van der Waals surface area contributed by atoms with E-state index in [0.717, 1.165) is 22.5 Å². The Kier molecular flexibility index (Phi) is 3.78. The van der Waals surface area contributed by atoms with Crippen molar-refractivity contribution in [2.45, 2.75) is 18.9 Å². The van der Waals surface area contributed by atoms with E-state index in [4.69, 9.17) is 11.6 Å². The van der Waals surface area contributed by atoms with Gasteiger partial charge in [-0.25, -0.2) is 4.68 Å². The van der Waals surface area contributed by atoms with E-state index >= 15 is 0 Å². The van der Waals surface area contributed by atoms with E-state index in [2.05, 4.69) is 15.4 Å². The van der Waals surface area contributed by atoms with Crippen LogP contribution in [0.5, 0.6) is 0 Å². The number of carbonyl (C=O) groups excluding carboxylic acids is 1. The predicted octanol–water partition coefficient (Wildman–Crippen LogP) is 3.45. The van der Waals surface area contributed by atoms with Crippen molar-refractivity contribution in [1.29, 1.82) is 0 Å². The zero-order valence-electron chi connectivity index (χ0n) is 12.8. The topological polar surface area (TPSA) is 59.8 Å². The summed E-state index contributed by atoms with van der Waals surface area (Å²) in [6, 6.07) is 11.5. The van der Waals surface area contributed by atoms with Crippen molar-refractivity contribution in [2.75, 3.05) is 5.32 Å². The fourth-order valence-electron chi connectivity index (χ4n) is 3.06. The summed E-state index contributed by atoms with van der Waals surface area (Å²) in [7, 11) is 0. The molecule has 24 heavy (non-hydrogen) atoms. The molecule has 1 atom stereocenters. The lowest BCUT2D eigenvalue weighted by molar-refractivity contribution is -0.116. The largest absolute Gasteiger partial charge is 0.311 e. The highest BCUT2D eigenvalue weighted by Crippen LogP contribution is 2.37. The first-order chi connectivity index (χ1) is 11.7. The van der Waals surface area contributed by atoms with Gasteiger partial charge in [0.1, 0.15) is 5.82 Å². The molecule has 1 amide bonds. The first-order valence-electron chi connectivity index (χ1n) is 7.71. The lowest BCUT2D eigenvalue weighted by Gasteiger charge is -2.23. The van der Waals surface area contributed by atoms with E-state index < -0.39 is 0 Å². The number of nitrogens with one attached hydrogen (secondary N) is 1. The second-order valence-electron chi connectivity index (χ2n) is 5.79. The molecule has 6 heteroatoms. The lowest BCUT2D eigenvalue weighted by Crippen LogP contribution is -2.25. The number of amides is 1. The number of hydrogen-bond acceptors (Lipinski definition) is 3. The molecule has 1 unspecified atom stereocenters. The highest BCUT2D eigenvalue weighted by Gasteiger charge is 2.30. The summed E-state index contributed by atoms with van der Waals surface area (Å²) >= 11 is 6.24. The monoisotopic (exact) mass is 338 g/mol. The molecule has 0 saturated heterocycles. The number of carbonyl (C=O) groups is 1. The van der Waals surface area contributed by atoms with Crippen molar-refractivity contribution in [2.24, 2.45) is 0 Å². The van der Waals surface area contributed by atoms with Crippen LogP contribution in [-0.2, 0) is 11.3 Å².